The third kappa shape index (κ3) is 4.38. The number of halogens is 2. The molecule has 0 spiro atoms. The minimum absolute atomic E-state index is 0.0993. The summed E-state index contributed by atoms with van der Waals surface area (Å²) in [6.45, 7) is 0. The van der Waals surface area contributed by atoms with Crippen LogP contribution in [0.1, 0.15) is 6.42 Å². The molecule has 1 atom stereocenters. The van der Waals surface area contributed by atoms with E-state index >= 15 is 0 Å². The largest absolute Gasteiger partial charge is 0.325 e. The van der Waals surface area contributed by atoms with Crippen molar-refractivity contribution in [1.82, 2.24) is 4.90 Å². The maximum Gasteiger partial charge on any atom is 0.238 e. The number of rotatable bonds is 3. The number of amides is 2. The van der Waals surface area contributed by atoms with Crippen molar-refractivity contribution >= 4 is 63.3 Å². The number of nitrogens with one attached hydrogen (secondary N) is 1. The third-order valence-corrected chi connectivity index (χ3v) is 5.71. The van der Waals surface area contributed by atoms with Gasteiger partial charge in [-0.1, -0.05) is 53.2 Å². The van der Waals surface area contributed by atoms with E-state index in [0.717, 1.165) is 5.69 Å². The van der Waals surface area contributed by atoms with E-state index in [4.69, 9.17) is 23.2 Å². The van der Waals surface area contributed by atoms with Crippen molar-refractivity contribution in [2.24, 2.45) is 4.99 Å². The lowest BCUT2D eigenvalue weighted by Gasteiger charge is -2.28. The van der Waals surface area contributed by atoms with Crippen molar-refractivity contribution in [3.63, 3.8) is 0 Å². The van der Waals surface area contributed by atoms with E-state index in [9.17, 15) is 9.59 Å². The van der Waals surface area contributed by atoms with Crippen LogP contribution in [0.25, 0.3) is 0 Å². The first-order valence-electron chi connectivity index (χ1n) is 7.77. The van der Waals surface area contributed by atoms with Crippen LogP contribution in [-0.2, 0) is 9.59 Å². The maximum atomic E-state index is 12.6. The molecule has 1 heterocycles. The minimum Gasteiger partial charge on any atom is -0.325 e. The fourth-order valence-electron chi connectivity index (χ4n) is 2.31. The van der Waals surface area contributed by atoms with Gasteiger partial charge in [0.05, 0.1) is 15.7 Å². The number of nitrogens with zero attached hydrogens (tertiary/aromatic N) is 2. The molecule has 2 aromatic carbocycles. The molecule has 2 amide bonds. The number of para-hydroxylation sites is 1. The smallest absolute Gasteiger partial charge is 0.238 e. The quantitative estimate of drug-likeness (QED) is 0.809. The van der Waals surface area contributed by atoms with Crippen molar-refractivity contribution in [1.29, 1.82) is 0 Å². The summed E-state index contributed by atoms with van der Waals surface area (Å²) >= 11 is 13.1. The van der Waals surface area contributed by atoms with Crippen LogP contribution in [0, 0.1) is 0 Å². The molecule has 0 saturated carbocycles. The Hall–Kier alpha value is -2.02. The second-order valence-electron chi connectivity index (χ2n) is 5.61. The molecule has 1 N–H and O–H groups in total. The summed E-state index contributed by atoms with van der Waals surface area (Å²) in [5, 5.41) is 3.44. The van der Waals surface area contributed by atoms with Gasteiger partial charge in [0.15, 0.2) is 5.17 Å². The summed E-state index contributed by atoms with van der Waals surface area (Å²) in [6, 6.07) is 14.1. The van der Waals surface area contributed by atoms with Crippen LogP contribution in [0.5, 0.6) is 0 Å². The van der Waals surface area contributed by atoms with Crippen LogP contribution in [0.4, 0.5) is 11.4 Å². The van der Waals surface area contributed by atoms with Crippen molar-refractivity contribution in [2.75, 3.05) is 12.4 Å². The van der Waals surface area contributed by atoms with Gasteiger partial charge in [0.2, 0.25) is 11.8 Å². The van der Waals surface area contributed by atoms with Gasteiger partial charge in [-0.05, 0) is 30.3 Å². The molecule has 0 radical (unpaired) electrons. The highest BCUT2D eigenvalue weighted by Gasteiger charge is 2.34. The molecule has 134 valence electrons. The monoisotopic (exact) mass is 407 g/mol. The highest BCUT2D eigenvalue weighted by Crippen LogP contribution is 2.30. The molecule has 0 aromatic heterocycles. The molecular formula is C18H15Cl2N3O2S. The number of benzene rings is 2. The van der Waals surface area contributed by atoms with E-state index in [1.165, 1.54) is 16.7 Å². The van der Waals surface area contributed by atoms with E-state index in [2.05, 4.69) is 10.3 Å². The van der Waals surface area contributed by atoms with Crippen LogP contribution < -0.4 is 5.32 Å². The van der Waals surface area contributed by atoms with Crippen molar-refractivity contribution in [3.05, 3.63) is 58.6 Å². The standard InChI is InChI=1S/C18H15Cl2N3O2S/c1-23-16(24)10-15(26-18(23)22-11-5-3-2-4-6-11)17(25)21-12-7-8-13(19)14(20)9-12/h2-9,15H,10H2,1H3,(H,21,25). The molecule has 3 rings (SSSR count). The average molecular weight is 408 g/mol. The second kappa shape index (κ2) is 8.12. The molecule has 5 nitrogen and oxygen atoms in total. The van der Waals surface area contributed by atoms with Gasteiger partial charge >= 0.3 is 0 Å². The summed E-state index contributed by atoms with van der Waals surface area (Å²) < 4.78 is 0. The Morgan fingerprint density at radius 2 is 1.92 bits per heavy atom. The number of hydrogen-bond donors (Lipinski definition) is 1. The Labute approximate surface area is 165 Å². The SMILES string of the molecule is CN1C(=O)CC(C(=O)Nc2ccc(Cl)c(Cl)c2)SC1=Nc1ccccc1. The zero-order chi connectivity index (χ0) is 18.7. The van der Waals surface area contributed by atoms with Crippen molar-refractivity contribution < 1.29 is 9.59 Å². The lowest BCUT2D eigenvalue weighted by molar-refractivity contribution is -0.128. The first-order chi connectivity index (χ1) is 12.4. The van der Waals surface area contributed by atoms with E-state index in [1.54, 1.807) is 25.2 Å². The Bertz CT molecular complexity index is 874. The van der Waals surface area contributed by atoms with Gasteiger partial charge in [0.25, 0.3) is 0 Å². The summed E-state index contributed by atoms with van der Waals surface area (Å²) in [4.78, 5) is 30.8. The lowest BCUT2D eigenvalue weighted by atomic mass is 10.2. The molecule has 1 fully saturated rings. The number of aliphatic imine (C=N–C) groups is 1. The van der Waals surface area contributed by atoms with Gasteiger partial charge in [-0.15, -0.1) is 0 Å². The van der Waals surface area contributed by atoms with E-state index in [0.29, 0.717) is 20.9 Å². The fraction of sp³-hybridized carbons (Fsp3) is 0.167. The van der Waals surface area contributed by atoms with Crippen LogP contribution in [0.2, 0.25) is 10.0 Å². The first kappa shape index (κ1) is 18.8. The van der Waals surface area contributed by atoms with E-state index < -0.39 is 5.25 Å². The minimum atomic E-state index is -0.574. The van der Waals surface area contributed by atoms with Gasteiger partial charge in [0.1, 0.15) is 5.25 Å². The molecule has 1 unspecified atom stereocenters. The molecule has 2 aromatic rings. The van der Waals surface area contributed by atoms with Crippen LogP contribution in [0.15, 0.2) is 53.5 Å². The number of amidine groups is 1. The van der Waals surface area contributed by atoms with Crippen molar-refractivity contribution in [3.8, 4) is 0 Å². The van der Waals surface area contributed by atoms with E-state index in [-0.39, 0.29) is 18.2 Å². The topological polar surface area (TPSA) is 61.8 Å². The number of carbonyl (C=O) groups is 2. The second-order valence-corrected chi connectivity index (χ2v) is 7.60. The van der Waals surface area contributed by atoms with E-state index in [1.807, 2.05) is 30.3 Å². The molecule has 1 saturated heterocycles. The Morgan fingerprint density at radius 3 is 2.62 bits per heavy atom. The predicted octanol–water partition coefficient (Wildman–Crippen LogP) is 4.58. The van der Waals surface area contributed by atoms with Gasteiger partial charge < -0.3 is 5.32 Å². The highest BCUT2D eigenvalue weighted by molar-refractivity contribution is 8.15. The summed E-state index contributed by atoms with van der Waals surface area (Å²) in [5.41, 5.74) is 1.25. The molecule has 0 bridgehead atoms. The molecule has 26 heavy (non-hydrogen) atoms. The Kier molecular flexibility index (Phi) is 5.86. The molecule has 0 aliphatic carbocycles. The molecule has 1 aliphatic heterocycles. The fourth-order valence-corrected chi connectivity index (χ4v) is 3.67. The zero-order valence-corrected chi connectivity index (χ0v) is 16.1. The van der Waals surface area contributed by atoms with Crippen LogP contribution in [-0.4, -0.2) is 34.2 Å². The number of anilines is 1. The normalized spacial score (nSPS) is 18.9. The van der Waals surface area contributed by atoms with Crippen molar-refractivity contribution in [2.45, 2.75) is 11.7 Å². The number of thioether (sulfide) groups is 1. The summed E-state index contributed by atoms with van der Waals surface area (Å²) in [6.07, 6.45) is 0.0993. The summed E-state index contributed by atoms with van der Waals surface area (Å²) in [5.74, 6) is -0.441. The maximum absolute atomic E-state index is 12.6. The molecule has 8 heteroatoms. The first-order valence-corrected chi connectivity index (χ1v) is 9.40. The zero-order valence-electron chi connectivity index (χ0n) is 13.8. The summed E-state index contributed by atoms with van der Waals surface area (Å²) in [7, 11) is 1.66. The van der Waals surface area contributed by atoms with Gasteiger partial charge in [-0.3, -0.25) is 14.5 Å². The van der Waals surface area contributed by atoms with Gasteiger partial charge in [-0.2, -0.15) is 0 Å². The van der Waals surface area contributed by atoms with Crippen LogP contribution >= 0.6 is 35.0 Å². The van der Waals surface area contributed by atoms with Gasteiger partial charge in [0, 0.05) is 19.2 Å². The third-order valence-electron chi connectivity index (χ3n) is 3.73. The Morgan fingerprint density at radius 1 is 1.19 bits per heavy atom. The predicted molar refractivity (Wildman–Crippen MR) is 107 cm³/mol. The highest BCUT2D eigenvalue weighted by atomic mass is 35.5. The van der Waals surface area contributed by atoms with Crippen LogP contribution in [0.3, 0.4) is 0 Å². The number of carbonyl (C=O) groups excluding carboxylic acids is 2. The average Bonchev–Trinajstić information content (AvgIpc) is 2.62. The lowest BCUT2D eigenvalue weighted by Crippen LogP contribution is -2.43. The van der Waals surface area contributed by atoms with Gasteiger partial charge in [-0.25, -0.2) is 4.99 Å². The number of hydrogen-bond acceptors (Lipinski definition) is 4. The molecule has 1 aliphatic rings. The Balaban J connectivity index is 1.77. The molecular weight excluding hydrogens is 393 g/mol.